The van der Waals surface area contributed by atoms with E-state index in [0.717, 1.165) is 18.4 Å². The normalized spacial score (nSPS) is 23.8. The maximum atomic E-state index is 11.3. The van der Waals surface area contributed by atoms with E-state index < -0.39 is 10.0 Å². The lowest BCUT2D eigenvalue weighted by atomic mass is 9.93. The first-order valence-electron chi connectivity index (χ1n) is 6.59. The summed E-state index contributed by atoms with van der Waals surface area (Å²) in [5.41, 5.74) is 0.971. The van der Waals surface area contributed by atoms with Crippen molar-refractivity contribution in [2.24, 2.45) is 0 Å². The third kappa shape index (κ3) is 5.09. The first-order valence-corrected chi connectivity index (χ1v) is 9.23. The molecule has 0 bridgehead atoms. The molecule has 1 heterocycles. The van der Waals surface area contributed by atoms with Crippen molar-refractivity contribution in [1.82, 2.24) is 10.0 Å². The molecule has 0 aromatic heterocycles. The number of rotatable bonds is 4. The van der Waals surface area contributed by atoms with Crippen LogP contribution in [0.3, 0.4) is 0 Å². The van der Waals surface area contributed by atoms with Crippen LogP contribution < -0.4 is 10.0 Å². The molecule has 0 aliphatic carbocycles. The van der Waals surface area contributed by atoms with Crippen molar-refractivity contribution in [2.45, 2.75) is 12.0 Å². The summed E-state index contributed by atoms with van der Waals surface area (Å²) in [6.07, 6.45) is 0.878. The summed E-state index contributed by atoms with van der Waals surface area (Å²) in [5, 5.41) is 4.25. The molecule has 0 radical (unpaired) electrons. The van der Waals surface area contributed by atoms with Gasteiger partial charge in [0.1, 0.15) is 0 Å². The van der Waals surface area contributed by atoms with E-state index in [9.17, 15) is 8.42 Å². The Kier molecular flexibility index (Phi) is 5.88. The van der Waals surface area contributed by atoms with E-state index in [0.29, 0.717) is 23.2 Å². The summed E-state index contributed by atoms with van der Waals surface area (Å²) in [5.74, 6) is -0.00323. The topological polar surface area (TPSA) is 67.4 Å². The van der Waals surface area contributed by atoms with Crippen LogP contribution in [0.25, 0.3) is 0 Å². The first kappa shape index (κ1) is 17.0. The second-order valence-corrected chi connectivity index (χ2v) is 7.66. The maximum absolute atomic E-state index is 11.3. The fourth-order valence-electron chi connectivity index (χ4n) is 2.30. The third-order valence-electron chi connectivity index (χ3n) is 3.34. The Bertz CT molecular complexity index is 595. The van der Waals surface area contributed by atoms with Gasteiger partial charge in [0.05, 0.1) is 29.0 Å². The van der Waals surface area contributed by atoms with Crippen LogP contribution in [0.1, 0.15) is 11.5 Å². The van der Waals surface area contributed by atoms with Gasteiger partial charge in [-0.2, -0.15) is 0 Å². The number of benzene rings is 1. The molecule has 2 unspecified atom stereocenters. The third-order valence-corrected chi connectivity index (χ3v) is 4.77. The summed E-state index contributed by atoms with van der Waals surface area (Å²) in [6, 6.07) is 5.44. The molecule has 0 amide bonds. The van der Waals surface area contributed by atoms with Crippen LogP contribution in [-0.2, 0) is 14.8 Å². The number of halogens is 2. The van der Waals surface area contributed by atoms with Crippen LogP contribution in [0.2, 0.25) is 10.0 Å². The Morgan fingerprint density at radius 1 is 1.38 bits per heavy atom. The molecule has 1 aliphatic rings. The predicted octanol–water partition coefficient (Wildman–Crippen LogP) is 1.61. The summed E-state index contributed by atoms with van der Waals surface area (Å²) >= 11 is 12.0. The van der Waals surface area contributed by atoms with Gasteiger partial charge in [0.2, 0.25) is 10.0 Å². The van der Waals surface area contributed by atoms with Gasteiger partial charge in [-0.15, -0.1) is 0 Å². The Morgan fingerprint density at radius 3 is 2.81 bits per heavy atom. The summed E-state index contributed by atoms with van der Waals surface area (Å²) < 4.78 is 30.8. The van der Waals surface area contributed by atoms with Gasteiger partial charge in [-0.3, -0.25) is 0 Å². The molecule has 1 aliphatic heterocycles. The molecule has 21 heavy (non-hydrogen) atoms. The molecule has 1 aromatic rings. The lowest BCUT2D eigenvalue weighted by Gasteiger charge is -2.25. The van der Waals surface area contributed by atoms with Crippen LogP contribution >= 0.6 is 23.2 Å². The van der Waals surface area contributed by atoms with E-state index in [1.807, 2.05) is 6.07 Å². The minimum Gasteiger partial charge on any atom is -0.375 e. The molecule has 1 saturated heterocycles. The van der Waals surface area contributed by atoms with Crippen molar-refractivity contribution in [3.8, 4) is 0 Å². The quantitative estimate of drug-likeness (QED) is 0.863. The molecule has 5 nitrogen and oxygen atoms in total. The molecule has 2 rings (SSSR count). The number of hydrogen-bond donors (Lipinski definition) is 2. The molecule has 118 valence electrons. The second-order valence-electron chi connectivity index (χ2n) is 5.01. The summed E-state index contributed by atoms with van der Waals surface area (Å²) in [4.78, 5) is 0. The Balaban J connectivity index is 2.20. The zero-order valence-corrected chi connectivity index (χ0v) is 13.9. The van der Waals surface area contributed by atoms with Crippen LogP contribution in [-0.4, -0.2) is 47.0 Å². The average molecular weight is 353 g/mol. The molecule has 8 heteroatoms. The Labute approximate surface area is 135 Å². The molecule has 2 atom stereocenters. The van der Waals surface area contributed by atoms with Crippen LogP contribution in [0.4, 0.5) is 0 Å². The highest BCUT2D eigenvalue weighted by Gasteiger charge is 2.27. The van der Waals surface area contributed by atoms with Gasteiger partial charge in [0, 0.05) is 25.6 Å². The summed E-state index contributed by atoms with van der Waals surface area (Å²) in [6.45, 7) is 2.18. The maximum Gasteiger partial charge on any atom is 0.208 e. The molecule has 0 spiro atoms. The van der Waals surface area contributed by atoms with Gasteiger partial charge in [0.15, 0.2) is 0 Å². The summed E-state index contributed by atoms with van der Waals surface area (Å²) in [7, 11) is -3.25. The molecule has 0 saturated carbocycles. The van der Waals surface area contributed by atoms with E-state index in [1.165, 1.54) is 0 Å². The molecular formula is C13H18Cl2N2O3S. The van der Waals surface area contributed by atoms with Gasteiger partial charge in [-0.1, -0.05) is 29.3 Å². The average Bonchev–Trinajstić information content (AvgIpc) is 2.64. The zero-order chi connectivity index (χ0) is 15.5. The second kappa shape index (κ2) is 7.26. The predicted molar refractivity (Wildman–Crippen MR) is 84.7 cm³/mol. The van der Waals surface area contributed by atoms with Crippen LogP contribution in [0.15, 0.2) is 18.2 Å². The van der Waals surface area contributed by atoms with Gasteiger partial charge in [-0.25, -0.2) is 13.1 Å². The highest BCUT2D eigenvalue weighted by Crippen LogP contribution is 2.29. The molecule has 1 fully saturated rings. The molecule has 2 N–H and O–H groups in total. The van der Waals surface area contributed by atoms with Gasteiger partial charge in [-0.05, 0) is 17.7 Å². The van der Waals surface area contributed by atoms with Gasteiger partial charge in [0.25, 0.3) is 0 Å². The fraction of sp³-hybridized carbons (Fsp3) is 0.538. The van der Waals surface area contributed by atoms with Crippen molar-refractivity contribution in [3.05, 3.63) is 33.8 Å². The minimum atomic E-state index is -3.25. The standard InChI is InChI=1S/C13H18Cl2N2O3S/c1-21(18,19)17-8-13-10(7-16-4-5-20-13)9-2-3-11(14)12(15)6-9/h2-3,6,10,13,16-17H,4-5,7-8H2,1H3. The van der Waals surface area contributed by atoms with Crippen molar-refractivity contribution >= 4 is 33.2 Å². The van der Waals surface area contributed by atoms with Crippen molar-refractivity contribution < 1.29 is 13.2 Å². The Hall–Kier alpha value is -0.370. The fourth-order valence-corrected chi connectivity index (χ4v) is 3.07. The number of nitrogens with one attached hydrogen (secondary N) is 2. The highest BCUT2D eigenvalue weighted by atomic mass is 35.5. The van der Waals surface area contributed by atoms with Gasteiger partial charge >= 0.3 is 0 Å². The monoisotopic (exact) mass is 352 g/mol. The van der Waals surface area contributed by atoms with E-state index in [4.69, 9.17) is 27.9 Å². The van der Waals surface area contributed by atoms with E-state index >= 15 is 0 Å². The molecule has 1 aromatic carbocycles. The largest absolute Gasteiger partial charge is 0.375 e. The lowest BCUT2D eigenvalue weighted by Crippen LogP contribution is -2.38. The minimum absolute atomic E-state index is 0.00323. The first-order chi connectivity index (χ1) is 9.87. The number of hydrogen-bond acceptors (Lipinski definition) is 4. The SMILES string of the molecule is CS(=O)(=O)NCC1OCCNCC1c1ccc(Cl)c(Cl)c1. The van der Waals surface area contributed by atoms with Gasteiger partial charge < -0.3 is 10.1 Å². The zero-order valence-electron chi connectivity index (χ0n) is 11.6. The van der Waals surface area contributed by atoms with E-state index in [-0.39, 0.29) is 18.6 Å². The lowest BCUT2D eigenvalue weighted by molar-refractivity contribution is 0.0560. The number of ether oxygens (including phenoxy) is 1. The van der Waals surface area contributed by atoms with Crippen molar-refractivity contribution in [2.75, 3.05) is 32.5 Å². The number of sulfonamides is 1. The van der Waals surface area contributed by atoms with Crippen LogP contribution in [0.5, 0.6) is 0 Å². The van der Waals surface area contributed by atoms with Crippen molar-refractivity contribution in [3.63, 3.8) is 0 Å². The highest BCUT2D eigenvalue weighted by molar-refractivity contribution is 7.88. The van der Waals surface area contributed by atoms with E-state index in [2.05, 4.69) is 10.0 Å². The van der Waals surface area contributed by atoms with Crippen molar-refractivity contribution in [1.29, 1.82) is 0 Å². The van der Waals surface area contributed by atoms with E-state index in [1.54, 1.807) is 12.1 Å². The smallest absolute Gasteiger partial charge is 0.208 e. The van der Waals surface area contributed by atoms with Crippen LogP contribution in [0, 0.1) is 0 Å². The Morgan fingerprint density at radius 2 is 2.14 bits per heavy atom. The molecular weight excluding hydrogens is 335 g/mol.